The van der Waals surface area contributed by atoms with Crippen LogP contribution in [-0.2, 0) is 16.6 Å². The molecular weight excluding hydrogens is 508 g/mol. The predicted octanol–water partition coefficient (Wildman–Crippen LogP) is 6.65. The Labute approximate surface area is 223 Å². The lowest BCUT2D eigenvalue weighted by molar-refractivity contribution is 0.224. The Morgan fingerprint density at radius 1 is 1.03 bits per heavy atom. The number of nitrogens with zero attached hydrogens (tertiary/aromatic N) is 2. The van der Waals surface area contributed by atoms with Crippen molar-refractivity contribution in [3.8, 4) is 28.5 Å². The van der Waals surface area contributed by atoms with E-state index >= 15 is 0 Å². The number of aryl methyl sites for hydroxylation is 1. The van der Waals surface area contributed by atoms with Gasteiger partial charge in [0.2, 0.25) is 0 Å². The summed E-state index contributed by atoms with van der Waals surface area (Å²) in [7, 11) is -1.24. The number of aliphatic hydroxyl groups is 1. The van der Waals surface area contributed by atoms with E-state index in [-0.39, 0.29) is 11.5 Å². The molecule has 3 aromatic carbocycles. The van der Waals surface area contributed by atoms with Crippen molar-refractivity contribution in [3.05, 3.63) is 107 Å². The Kier molecular flexibility index (Phi) is 8.95. The van der Waals surface area contributed by atoms with Crippen LogP contribution >= 0.6 is 23.4 Å². The van der Waals surface area contributed by atoms with Crippen LogP contribution in [0.5, 0.6) is 0 Å². The lowest BCUT2D eigenvalue weighted by Gasteiger charge is -2.14. The maximum Gasteiger partial charge on any atom is 0.115 e. The van der Waals surface area contributed by atoms with Crippen molar-refractivity contribution < 1.29 is 9.32 Å². The van der Waals surface area contributed by atoms with Gasteiger partial charge in [-0.2, -0.15) is 5.26 Å². The fourth-order valence-corrected chi connectivity index (χ4v) is 6.15. The number of halogens is 1. The lowest BCUT2D eigenvalue weighted by atomic mass is 9.99. The molecule has 4 nitrogen and oxygen atoms in total. The molecule has 0 saturated carbocycles. The van der Waals surface area contributed by atoms with E-state index < -0.39 is 16.9 Å². The zero-order valence-electron chi connectivity index (χ0n) is 19.7. The molecule has 0 unspecified atom stereocenters. The number of hydrogen-bond donors (Lipinski definition) is 1. The van der Waals surface area contributed by atoms with E-state index in [9.17, 15) is 14.6 Å². The molecule has 0 fully saturated rings. The predicted molar refractivity (Wildman–Crippen MR) is 149 cm³/mol. The van der Waals surface area contributed by atoms with Gasteiger partial charge in [0.1, 0.15) is 11.1 Å². The Morgan fingerprint density at radius 2 is 1.72 bits per heavy atom. The van der Waals surface area contributed by atoms with Crippen LogP contribution in [0.25, 0.3) is 22.4 Å². The first kappa shape index (κ1) is 26.1. The summed E-state index contributed by atoms with van der Waals surface area (Å²) in [5.41, 5.74) is 5.97. The highest BCUT2D eigenvalue weighted by atomic mass is 35.5. The van der Waals surface area contributed by atoms with Gasteiger partial charge in [-0.1, -0.05) is 83.9 Å². The highest BCUT2D eigenvalue weighted by Gasteiger charge is 2.18. The third kappa shape index (κ3) is 6.83. The highest BCUT2D eigenvalue weighted by molar-refractivity contribution is 7.99. The minimum atomic E-state index is -1.24. The van der Waals surface area contributed by atoms with Gasteiger partial charge in [0.25, 0.3) is 0 Å². The van der Waals surface area contributed by atoms with Gasteiger partial charge in [-0.3, -0.25) is 4.21 Å². The zero-order chi connectivity index (χ0) is 25.5. The summed E-state index contributed by atoms with van der Waals surface area (Å²) in [6, 6.07) is 29.3. The summed E-state index contributed by atoms with van der Waals surface area (Å²) < 4.78 is 12.6. The number of nitriles is 1. The van der Waals surface area contributed by atoms with Crippen molar-refractivity contribution in [1.29, 1.82) is 5.26 Å². The van der Waals surface area contributed by atoms with Crippen molar-refractivity contribution >= 4 is 34.2 Å². The average molecular weight is 533 g/mol. The Morgan fingerprint density at radius 3 is 2.39 bits per heavy atom. The van der Waals surface area contributed by atoms with Crippen molar-refractivity contribution in [2.24, 2.45) is 0 Å². The molecule has 36 heavy (non-hydrogen) atoms. The molecular formula is C29H25ClN2O2S2. The minimum Gasteiger partial charge on any atom is -0.391 e. The second-order valence-corrected chi connectivity index (χ2v) is 11.4. The van der Waals surface area contributed by atoms with Gasteiger partial charge < -0.3 is 5.11 Å². The Bertz CT molecular complexity index is 1390. The zero-order valence-corrected chi connectivity index (χ0v) is 22.1. The lowest BCUT2D eigenvalue weighted by Crippen LogP contribution is -2.20. The van der Waals surface area contributed by atoms with E-state index in [0.717, 1.165) is 33.5 Å². The molecule has 0 amide bonds. The van der Waals surface area contributed by atoms with Gasteiger partial charge in [-0.05, 0) is 36.2 Å². The average Bonchev–Trinajstić information content (AvgIpc) is 2.89. The first-order valence-corrected chi connectivity index (χ1v) is 14.3. The number of aliphatic hydroxyl groups excluding tert-OH is 1. The largest absolute Gasteiger partial charge is 0.391 e. The molecule has 0 spiro atoms. The number of rotatable bonds is 9. The summed E-state index contributed by atoms with van der Waals surface area (Å²) in [5.74, 6) is 0.766. The van der Waals surface area contributed by atoms with Crippen LogP contribution < -0.4 is 0 Å². The van der Waals surface area contributed by atoms with Gasteiger partial charge >= 0.3 is 0 Å². The summed E-state index contributed by atoms with van der Waals surface area (Å²) >= 11 is 7.23. The molecule has 182 valence electrons. The van der Waals surface area contributed by atoms with Gasteiger partial charge in [0.05, 0.1) is 23.1 Å². The van der Waals surface area contributed by atoms with E-state index in [1.807, 2.05) is 79.7 Å². The molecule has 4 aromatic rings. The summed E-state index contributed by atoms with van der Waals surface area (Å²) in [6.07, 6.45) is -0.806. The Balaban J connectivity index is 1.56. The van der Waals surface area contributed by atoms with E-state index in [4.69, 9.17) is 16.6 Å². The SMILES string of the molecule is Cc1ccc(-c2cc(-c3ccccc3)c(C#N)c(SC[C@H](O)C[S@@](=O)Cc3ccc(Cl)cc3)n2)cc1. The molecule has 0 aliphatic heterocycles. The molecule has 2 atom stereocenters. The summed E-state index contributed by atoms with van der Waals surface area (Å²) in [4.78, 5) is 4.80. The minimum absolute atomic E-state index is 0.140. The number of pyridine rings is 1. The van der Waals surface area contributed by atoms with Gasteiger partial charge in [0.15, 0.2) is 0 Å². The monoisotopic (exact) mass is 532 g/mol. The molecule has 0 bridgehead atoms. The van der Waals surface area contributed by atoms with Crippen LogP contribution in [0.3, 0.4) is 0 Å². The van der Waals surface area contributed by atoms with E-state index in [0.29, 0.717) is 21.4 Å². The van der Waals surface area contributed by atoms with Crippen LogP contribution in [0.1, 0.15) is 16.7 Å². The molecule has 7 heteroatoms. The standard InChI is InChI=1S/C29H25ClN2O2S2/c1-20-7-11-23(12-8-20)28-15-26(22-5-3-2-4-6-22)27(16-31)29(32-28)35-17-25(33)19-36(34)18-21-9-13-24(30)14-10-21/h2-15,25,33H,17-19H2,1H3/t25-,36-/m0/s1. The van der Waals surface area contributed by atoms with Crippen LogP contribution in [0.2, 0.25) is 5.02 Å². The number of benzene rings is 3. The fourth-order valence-electron chi connectivity index (χ4n) is 3.72. The quantitative estimate of drug-likeness (QED) is 0.244. The third-order valence-corrected chi connectivity index (χ3v) is 8.35. The summed E-state index contributed by atoms with van der Waals surface area (Å²) in [5, 5.41) is 21.8. The van der Waals surface area contributed by atoms with E-state index in [1.165, 1.54) is 11.8 Å². The van der Waals surface area contributed by atoms with Crippen molar-refractivity contribution in [1.82, 2.24) is 4.98 Å². The van der Waals surface area contributed by atoms with E-state index in [1.54, 1.807) is 12.1 Å². The maximum atomic E-state index is 12.6. The van der Waals surface area contributed by atoms with Crippen molar-refractivity contribution in [2.75, 3.05) is 11.5 Å². The molecule has 1 aromatic heterocycles. The maximum absolute atomic E-state index is 12.6. The molecule has 0 aliphatic rings. The smallest absolute Gasteiger partial charge is 0.115 e. The second-order valence-electron chi connectivity index (χ2n) is 8.42. The molecule has 0 radical (unpaired) electrons. The normalized spacial score (nSPS) is 12.6. The first-order valence-electron chi connectivity index (χ1n) is 11.4. The molecule has 1 heterocycles. The van der Waals surface area contributed by atoms with Gasteiger partial charge in [0, 0.05) is 38.5 Å². The summed E-state index contributed by atoms with van der Waals surface area (Å²) in [6.45, 7) is 2.03. The molecule has 0 aliphatic carbocycles. The highest BCUT2D eigenvalue weighted by Crippen LogP contribution is 2.34. The second kappa shape index (κ2) is 12.3. The van der Waals surface area contributed by atoms with Crippen LogP contribution in [0, 0.1) is 18.3 Å². The Hall–Kier alpha value is -2.95. The first-order chi connectivity index (χ1) is 17.4. The fraction of sp³-hybridized carbons (Fsp3) is 0.172. The third-order valence-electron chi connectivity index (χ3n) is 5.56. The molecule has 4 rings (SSSR count). The number of thioether (sulfide) groups is 1. The number of hydrogen-bond acceptors (Lipinski definition) is 5. The van der Waals surface area contributed by atoms with Crippen LogP contribution in [0.15, 0.2) is 90.0 Å². The van der Waals surface area contributed by atoms with E-state index in [2.05, 4.69) is 6.07 Å². The van der Waals surface area contributed by atoms with Crippen LogP contribution in [-0.4, -0.2) is 31.9 Å². The molecule has 1 N–H and O–H groups in total. The van der Waals surface area contributed by atoms with Crippen LogP contribution in [0.4, 0.5) is 0 Å². The van der Waals surface area contributed by atoms with Crippen molar-refractivity contribution in [3.63, 3.8) is 0 Å². The van der Waals surface area contributed by atoms with Gasteiger partial charge in [-0.25, -0.2) is 4.98 Å². The van der Waals surface area contributed by atoms with Gasteiger partial charge in [-0.15, -0.1) is 11.8 Å². The number of aromatic nitrogens is 1. The van der Waals surface area contributed by atoms with Crippen molar-refractivity contribution in [2.45, 2.75) is 23.8 Å². The molecule has 0 saturated heterocycles. The topological polar surface area (TPSA) is 74.0 Å².